The summed E-state index contributed by atoms with van der Waals surface area (Å²) in [4.78, 5) is 46.4. The number of hydrogen-bond donors (Lipinski definition) is 3. The van der Waals surface area contributed by atoms with Gasteiger partial charge in [0.25, 0.3) is 5.91 Å². The van der Waals surface area contributed by atoms with Crippen molar-refractivity contribution in [1.29, 1.82) is 0 Å². The van der Waals surface area contributed by atoms with Crippen LogP contribution in [0.3, 0.4) is 0 Å². The van der Waals surface area contributed by atoms with Gasteiger partial charge in [-0.25, -0.2) is 9.18 Å². The number of pyridine rings is 1. The summed E-state index contributed by atoms with van der Waals surface area (Å²) in [6, 6.07) is 12.8. The molecule has 2 aliphatic heterocycles. The smallest absolute Gasteiger partial charge is 0.410 e. The number of likely N-dealkylation sites (tertiary alicyclic amines) is 1. The fraction of sp³-hybridized carbons (Fsp3) is 0.421. The third-order valence-corrected chi connectivity index (χ3v) is 10.0. The van der Waals surface area contributed by atoms with E-state index in [1.54, 1.807) is 10.8 Å². The minimum atomic E-state index is -0.629. The van der Waals surface area contributed by atoms with Crippen LogP contribution in [-0.4, -0.2) is 58.7 Å². The Hall–Kier alpha value is -5.13. The second kappa shape index (κ2) is 13.0. The largest absolute Gasteiger partial charge is 0.452 e. The Morgan fingerprint density at radius 1 is 1.10 bits per heavy atom. The Labute approximate surface area is 289 Å². The van der Waals surface area contributed by atoms with Crippen molar-refractivity contribution in [3.8, 4) is 17.2 Å². The Balaban J connectivity index is 1.30. The van der Waals surface area contributed by atoms with Crippen LogP contribution in [0.5, 0.6) is 11.5 Å². The highest BCUT2D eigenvalue weighted by atomic mass is 19.1. The van der Waals surface area contributed by atoms with Crippen molar-refractivity contribution in [2.45, 2.75) is 76.9 Å². The number of carbonyl (C=O) groups excluding carboxylic acids is 2. The molecule has 1 aliphatic carbocycles. The number of rotatable bonds is 7. The van der Waals surface area contributed by atoms with Gasteiger partial charge < -0.3 is 35.7 Å². The number of nitrogens with two attached hydrogens (primary N) is 2. The highest BCUT2D eigenvalue weighted by Crippen LogP contribution is 2.52. The quantitative estimate of drug-likeness (QED) is 0.107. The molecule has 1 saturated carbocycles. The number of ether oxygens (including phenoxy) is 2. The van der Waals surface area contributed by atoms with E-state index in [1.807, 2.05) is 62.1 Å². The molecule has 2 amide bonds. The highest BCUT2D eigenvalue weighted by molar-refractivity contribution is 6.00. The summed E-state index contributed by atoms with van der Waals surface area (Å²) in [6.45, 7) is 6.88. The molecule has 12 heteroatoms. The van der Waals surface area contributed by atoms with Crippen LogP contribution >= 0.6 is 0 Å². The minimum Gasteiger partial charge on any atom is -0.452 e. The molecule has 0 bridgehead atoms. The number of guanidine groups is 1. The number of fused-ring (bicyclic) bond motifs is 4. The molecule has 3 aliphatic rings. The minimum absolute atomic E-state index is 0.00745. The van der Waals surface area contributed by atoms with E-state index in [4.69, 9.17) is 20.9 Å². The number of carbonyl (C=O) groups is 2. The van der Waals surface area contributed by atoms with Crippen LogP contribution in [0.4, 0.5) is 9.18 Å². The van der Waals surface area contributed by atoms with E-state index in [0.29, 0.717) is 67.8 Å². The normalized spacial score (nSPS) is 19.4. The SMILES string of the molecule is CC(C)(C)OC(=O)N1CCCC2CC(c3c(F)cc4c(=O)c(C(=O)NCCCCN=C(N)N)cn5c4c3Oc3cc4ccccc4cc3-5)CC21. The Morgan fingerprint density at radius 3 is 2.60 bits per heavy atom. The van der Waals surface area contributed by atoms with Gasteiger partial charge in [0.1, 0.15) is 22.5 Å². The number of benzene rings is 3. The van der Waals surface area contributed by atoms with Crippen LogP contribution in [0, 0.1) is 11.7 Å². The lowest BCUT2D eigenvalue weighted by molar-refractivity contribution is 0.00427. The first kappa shape index (κ1) is 33.4. The molecular weight excluding hydrogens is 639 g/mol. The van der Waals surface area contributed by atoms with Gasteiger partial charge in [0.2, 0.25) is 5.43 Å². The molecule has 4 aromatic rings. The van der Waals surface area contributed by atoms with E-state index in [-0.39, 0.29) is 46.6 Å². The zero-order chi connectivity index (χ0) is 35.3. The summed E-state index contributed by atoms with van der Waals surface area (Å²) in [7, 11) is 0. The predicted octanol–water partition coefficient (Wildman–Crippen LogP) is 6.07. The molecule has 11 nitrogen and oxygen atoms in total. The summed E-state index contributed by atoms with van der Waals surface area (Å²) in [5, 5.41) is 4.77. The number of unbranched alkanes of at least 4 members (excludes halogenated alkanes) is 1. The van der Waals surface area contributed by atoms with E-state index >= 15 is 4.39 Å². The Kier molecular flexibility index (Phi) is 8.65. The molecule has 50 heavy (non-hydrogen) atoms. The Morgan fingerprint density at radius 2 is 1.86 bits per heavy atom. The zero-order valence-electron chi connectivity index (χ0n) is 28.6. The van der Waals surface area contributed by atoms with Gasteiger partial charge in [-0.2, -0.15) is 0 Å². The maximum Gasteiger partial charge on any atom is 0.410 e. The number of hydrogen-bond acceptors (Lipinski definition) is 6. The maximum absolute atomic E-state index is 16.6. The molecule has 262 valence electrons. The van der Waals surface area contributed by atoms with E-state index in [1.165, 1.54) is 6.07 Å². The van der Waals surface area contributed by atoms with Crippen molar-refractivity contribution in [2.24, 2.45) is 22.4 Å². The molecule has 5 N–H and O–H groups in total. The lowest BCUT2D eigenvalue weighted by Crippen LogP contribution is -2.48. The molecule has 2 fully saturated rings. The molecule has 1 aromatic heterocycles. The molecular formula is C38H43FN6O5. The van der Waals surface area contributed by atoms with Crippen LogP contribution < -0.4 is 26.9 Å². The first-order chi connectivity index (χ1) is 23.9. The van der Waals surface area contributed by atoms with Crippen LogP contribution in [0.15, 0.2) is 58.4 Å². The van der Waals surface area contributed by atoms with Crippen molar-refractivity contribution in [1.82, 2.24) is 14.8 Å². The summed E-state index contributed by atoms with van der Waals surface area (Å²) in [6.07, 6.45) is 5.42. The van der Waals surface area contributed by atoms with Crippen molar-refractivity contribution in [3.05, 3.63) is 75.8 Å². The molecule has 1 saturated heterocycles. The average molecular weight is 683 g/mol. The van der Waals surface area contributed by atoms with Gasteiger partial charge >= 0.3 is 6.09 Å². The molecule has 0 spiro atoms. The van der Waals surface area contributed by atoms with Crippen LogP contribution in [-0.2, 0) is 4.74 Å². The van der Waals surface area contributed by atoms with Gasteiger partial charge in [-0.05, 0) is 100 Å². The molecule has 3 atom stereocenters. The van der Waals surface area contributed by atoms with Gasteiger partial charge in [-0.1, -0.05) is 24.3 Å². The van der Waals surface area contributed by atoms with E-state index in [9.17, 15) is 14.4 Å². The Bertz CT molecular complexity index is 2100. The second-order valence-electron chi connectivity index (χ2n) is 14.6. The van der Waals surface area contributed by atoms with Crippen LogP contribution in [0.25, 0.3) is 27.4 Å². The number of nitrogens with zero attached hydrogens (tertiary/aromatic N) is 3. The standard InChI is InChI=1S/C38H43FN6O5/c1-38(2,3)50-37(48)44-14-8-11-23-15-24(17-28(23)44)31-27(39)19-25-32-34(31)49-30-18-22-10-5-4-9-21(22)16-29(30)45(32)20-26(33(25)46)35(47)42-12-6-7-13-43-36(40)41/h4-5,9-10,16,18-20,23-24,28H,6-8,11-15,17H2,1-3H3,(H,42,47)(H4,40,41,43). The van der Waals surface area contributed by atoms with Crippen molar-refractivity contribution >= 4 is 39.6 Å². The van der Waals surface area contributed by atoms with E-state index in [2.05, 4.69) is 10.3 Å². The third kappa shape index (κ3) is 6.23. The number of halogens is 1. The fourth-order valence-corrected chi connectivity index (χ4v) is 7.87. The van der Waals surface area contributed by atoms with Gasteiger partial charge in [0, 0.05) is 37.4 Å². The van der Waals surface area contributed by atoms with Gasteiger partial charge in [-0.15, -0.1) is 0 Å². The lowest BCUT2D eigenvalue weighted by Gasteiger charge is -2.38. The molecule has 0 radical (unpaired) electrons. The summed E-state index contributed by atoms with van der Waals surface area (Å²) in [5.74, 6) is -0.428. The van der Waals surface area contributed by atoms with Crippen LogP contribution in [0.1, 0.15) is 81.1 Å². The predicted molar refractivity (Wildman–Crippen MR) is 191 cm³/mol. The number of aliphatic imine (C=N–C) groups is 1. The first-order valence-electron chi connectivity index (χ1n) is 17.4. The highest BCUT2D eigenvalue weighted by Gasteiger charge is 2.45. The maximum atomic E-state index is 16.6. The molecule has 3 unspecified atom stereocenters. The van der Waals surface area contributed by atoms with Crippen LogP contribution in [0.2, 0.25) is 0 Å². The summed E-state index contributed by atoms with van der Waals surface area (Å²) >= 11 is 0. The first-order valence-corrected chi connectivity index (χ1v) is 17.4. The lowest BCUT2D eigenvalue weighted by atomic mass is 9.90. The number of piperidine rings is 1. The monoisotopic (exact) mass is 682 g/mol. The van der Waals surface area contributed by atoms with E-state index < -0.39 is 22.8 Å². The molecule has 7 rings (SSSR count). The number of nitrogens with one attached hydrogen (secondary N) is 1. The number of aromatic nitrogens is 1. The third-order valence-electron chi connectivity index (χ3n) is 10.0. The van der Waals surface area contributed by atoms with E-state index in [0.717, 1.165) is 23.6 Å². The molecule has 3 aromatic carbocycles. The summed E-state index contributed by atoms with van der Waals surface area (Å²) in [5.41, 5.74) is 10.9. The topological polar surface area (TPSA) is 154 Å². The average Bonchev–Trinajstić information content (AvgIpc) is 3.49. The van der Waals surface area contributed by atoms with Crippen molar-refractivity contribution < 1.29 is 23.5 Å². The van der Waals surface area contributed by atoms with Crippen molar-refractivity contribution in [2.75, 3.05) is 19.6 Å². The zero-order valence-corrected chi connectivity index (χ0v) is 28.6. The van der Waals surface area contributed by atoms with Gasteiger partial charge in [0.05, 0.1) is 11.1 Å². The number of amides is 2. The fourth-order valence-electron chi connectivity index (χ4n) is 7.87. The van der Waals surface area contributed by atoms with Gasteiger partial charge in [-0.3, -0.25) is 14.6 Å². The summed E-state index contributed by atoms with van der Waals surface area (Å²) < 4.78 is 30.7. The van der Waals surface area contributed by atoms with Gasteiger partial charge in [0.15, 0.2) is 17.5 Å². The van der Waals surface area contributed by atoms with Crippen molar-refractivity contribution in [3.63, 3.8) is 0 Å². The molecule has 3 heterocycles. The second-order valence-corrected chi connectivity index (χ2v) is 14.6.